The van der Waals surface area contributed by atoms with Crippen molar-refractivity contribution < 1.29 is 14.3 Å². The fraction of sp³-hybridized carbons (Fsp3) is 0.414. The molecule has 1 atom stereocenters. The summed E-state index contributed by atoms with van der Waals surface area (Å²) in [6, 6.07) is 13.2. The molecule has 4 heterocycles. The number of imidazole rings is 1. The number of aldehydes is 1. The van der Waals surface area contributed by atoms with Crippen LogP contribution < -0.4 is 4.74 Å². The van der Waals surface area contributed by atoms with E-state index in [9.17, 15) is 4.79 Å². The molecule has 1 saturated carbocycles. The van der Waals surface area contributed by atoms with E-state index in [0.29, 0.717) is 23.9 Å². The zero-order valence-corrected chi connectivity index (χ0v) is 21.9. The van der Waals surface area contributed by atoms with E-state index in [4.69, 9.17) is 26.1 Å². The summed E-state index contributed by atoms with van der Waals surface area (Å²) in [6.45, 7) is 1.53. The quantitative estimate of drug-likeness (QED) is 0.272. The Morgan fingerprint density at radius 2 is 1.82 bits per heavy atom. The fourth-order valence-corrected chi connectivity index (χ4v) is 5.43. The largest absolute Gasteiger partial charge is 0.474 e. The van der Waals surface area contributed by atoms with Crippen LogP contribution in [0.15, 0.2) is 48.7 Å². The first-order chi connectivity index (χ1) is 18.6. The number of pyridine rings is 1. The molecule has 4 aromatic rings. The zero-order chi connectivity index (χ0) is 25.9. The lowest BCUT2D eigenvalue weighted by atomic mass is 9.85. The van der Waals surface area contributed by atoms with Crippen molar-refractivity contribution in [1.29, 1.82) is 0 Å². The van der Waals surface area contributed by atoms with Crippen LogP contribution in [0, 0.1) is 5.92 Å². The molecule has 1 aromatic carbocycles. The van der Waals surface area contributed by atoms with Gasteiger partial charge < -0.3 is 14.0 Å². The maximum absolute atomic E-state index is 11.3. The van der Waals surface area contributed by atoms with Gasteiger partial charge in [0.1, 0.15) is 29.0 Å². The smallest absolute Gasteiger partial charge is 0.216 e. The van der Waals surface area contributed by atoms with E-state index in [1.54, 1.807) is 12.3 Å². The van der Waals surface area contributed by atoms with Crippen molar-refractivity contribution in [3.05, 3.63) is 76.6 Å². The molecule has 196 valence electrons. The molecule has 0 radical (unpaired) electrons. The number of hydrogen-bond acceptors (Lipinski definition) is 7. The van der Waals surface area contributed by atoms with Gasteiger partial charge in [0.2, 0.25) is 5.88 Å². The second kappa shape index (κ2) is 11.2. The average Bonchev–Trinajstić information content (AvgIpc) is 3.24. The van der Waals surface area contributed by atoms with Crippen LogP contribution in [-0.4, -0.2) is 49.6 Å². The first-order valence-corrected chi connectivity index (χ1v) is 13.7. The van der Waals surface area contributed by atoms with E-state index >= 15 is 0 Å². The Morgan fingerprint density at radius 3 is 2.55 bits per heavy atom. The molecule has 6 rings (SSSR count). The molecule has 3 aromatic heterocycles. The highest BCUT2D eigenvalue weighted by molar-refractivity contribution is 6.30. The van der Waals surface area contributed by atoms with E-state index < -0.39 is 0 Å². The van der Waals surface area contributed by atoms with Gasteiger partial charge in [-0.05, 0) is 67.9 Å². The average molecular weight is 532 g/mol. The second-order valence-corrected chi connectivity index (χ2v) is 10.6. The first kappa shape index (κ1) is 24.9. The minimum Gasteiger partial charge on any atom is -0.474 e. The van der Waals surface area contributed by atoms with Crippen LogP contribution >= 0.6 is 11.6 Å². The molecule has 0 spiro atoms. The van der Waals surface area contributed by atoms with Gasteiger partial charge in [-0.2, -0.15) is 4.98 Å². The van der Waals surface area contributed by atoms with Crippen LogP contribution in [0.25, 0.3) is 11.2 Å². The lowest BCUT2D eigenvalue weighted by molar-refractivity contribution is -0.0591. The van der Waals surface area contributed by atoms with Gasteiger partial charge in [-0.15, -0.1) is 0 Å². The highest BCUT2D eigenvalue weighted by Crippen LogP contribution is 2.31. The molecule has 0 N–H and O–H groups in total. The highest BCUT2D eigenvalue weighted by atomic mass is 35.5. The van der Waals surface area contributed by atoms with Crippen molar-refractivity contribution in [3.63, 3.8) is 0 Å². The number of nitrogens with zero attached hydrogens (tertiary/aromatic N) is 5. The topological polar surface area (TPSA) is 92.0 Å². The van der Waals surface area contributed by atoms with Gasteiger partial charge in [0.05, 0.1) is 12.6 Å². The van der Waals surface area contributed by atoms with Gasteiger partial charge in [-0.25, -0.2) is 15.0 Å². The lowest BCUT2D eigenvalue weighted by Crippen LogP contribution is -2.32. The van der Waals surface area contributed by atoms with Crippen molar-refractivity contribution in [2.45, 2.75) is 63.7 Å². The first-order valence-electron chi connectivity index (χ1n) is 13.3. The molecular formula is C29H30ClN5O3. The predicted octanol–water partition coefficient (Wildman–Crippen LogP) is 5.25. The number of rotatable bonds is 9. The number of fused-ring (bicyclic) bond motifs is 1. The van der Waals surface area contributed by atoms with E-state index in [2.05, 4.69) is 19.5 Å². The third-order valence-electron chi connectivity index (χ3n) is 7.50. The summed E-state index contributed by atoms with van der Waals surface area (Å²) in [5.74, 6) is 2.91. The van der Waals surface area contributed by atoms with Gasteiger partial charge in [-0.1, -0.05) is 23.7 Å². The SMILES string of the molecule is O=Cc1ccc2nc(C[C@H]3CC[C@H](Oc4ccnc(Cc5ccc(Cl)cc5)n4)CC3)n(C[C@@H]3CCO3)c2n1. The molecule has 2 fully saturated rings. The number of benzene rings is 1. The van der Waals surface area contributed by atoms with E-state index in [1.807, 2.05) is 36.4 Å². The van der Waals surface area contributed by atoms with Crippen LogP contribution in [0.4, 0.5) is 0 Å². The lowest BCUT2D eigenvalue weighted by Gasteiger charge is -2.30. The summed E-state index contributed by atoms with van der Waals surface area (Å²) in [6.07, 6.45) is 9.50. The molecule has 0 amide bonds. The van der Waals surface area contributed by atoms with Crippen molar-refractivity contribution in [2.24, 2.45) is 5.92 Å². The summed E-state index contributed by atoms with van der Waals surface area (Å²) in [5, 5.41) is 0.718. The molecule has 1 aliphatic carbocycles. The third kappa shape index (κ3) is 5.71. The zero-order valence-electron chi connectivity index (χ0n) is 21.1. The standard InChI is InChI=1S/C29H30ClN5O3/c30-21-5-1-19(2-6-21)15-26-31-13-11-28(34-26)38-23-8-3-20(4-9-23)16-27-33-25-10-7-22(18-36)32-29(25)35(27)17-24-12-14-37-24/h1-2,5-7,10-11,13,18,20,23-24H,3-4,8-9,12,14-17H2/t20-,23-,24-/m0/s1. The monoisotopic (exact) mass is 531 g/mol. The molecule has 1 saturated heterocycles. The minimum absolute atomic E-state index is 0.142. The van der Waals surface area contributed by atoms with E-state index in [1.165, 1.54) is 0 Å². The van der Waals surface area contributed by atoms with Gasteiger partial charge >= 0.3 is 0 Å². The summed E-state index contributed by atoms with van der Waals surface area (Å²) >= 11 is 5.99. The van der Waals surface area contributed by atoms with Crippen LogP contribution in [0.2, 0.25) is 5.02 Å². The van der Waals surface area contributed by atoms with Crippen LogP contribution in [0.3, 0.4) is 0 Å². The number of aromatic nitrogens is 5. The van der Waals surface area contributed by atoms with Gasteiger partial charge in [0.15, 0.2) is 11.9 Å². The molecule has 2 aliphatic rings. The molecule has 0 bridgehead atoms. The highest BCUT2D eigenvalue weighted by Gasteiger charge is 2.27. The summed E-state index contributed by atoms with van der Waals surface area (Å²) in [5.41, 5.74) is 3.15. The van der Waals surface area contributed by atoms with Crippen molar-refractivity contribution in [3.8, 4) is 5.88 Å². The van der Waals surface area contributed by atoms with Gasteiger partial charge in [0, 0.05) is 36.7 Å². The number of ether oxygens (including phenoxy) is 2. The molecule has 8 nitrogen and oxygen atoms in total. The van der Waals surface area contributed by atoms with Crippen molar-refractivity contribution in [2.75, 3.05) is 6.61 Å². The normalized spacial score (nSPS) is 21.2. The van der Waals surface area contributed by atoms with E-state index in [0.717, 1.165) is 91.4 Å². The second-order valence-electron chi connectivity index (χ2n) is 10.2. The Balaban J connectivity index is 1.08. The number of hydrogen-bond donors (Lipinski definition) is 0. The fourth-order valence-electron chi connectivity index (χ4n) is 5.31. The van der Waals surface area contributed by atoms with Gasteiger partial charge in [-0.3, -0.25) is 4.79 Å². The summed E-state index contributed by atoms with van der Waals surface area (Å²) < 4.78 is 14.1. The van der Waals surface area contributed by atoms with Crippen molar-refractivity contribution >= 4 is 29.1 Å². The Bertz CT molecular complexity index is 1410. The Labute approximate surface area is 226 Å². The summed E-state index contributed by atoms with van der Waals surface area (Å²) in [7, 11) is 0. The minimum atomic E-state index is 0.142. The van der Waals surface area contributed by atoms with E-state index in [-0.39, 0.29) is 12.2 Å². The number of carbonyl (C=O) groups excluding carboxylic acids is 1. The molecule has 0 unspecified atom stereocenters. The van der Waals surface area contributed by atoms with Gasteiger partial charge in [0.25, 0.3) is 0 Å². The molecule has 38 heavy (non-hydrogen) atoms. The van der Waals surface area contributed by atoms with Crippen molar-refractivity contribution in [1.82, 2.24) is 24.5 Å². The number of halogens is 1. The third-order valence-corrected chi connectivity index (χ3v) is 7.75. The maximum Gasteiger partial charge on any atom is 0.216 e. The Hall–Kier alpha value is -3.36. The van der Waals surface area contributed by atoms with Crippen LogP contribution in [-0.2, 0) is 24.1 Å². The Morgan fingerprint density at radius 1 is 1.00 bits per heavy atom. The molecule has 9 heteroatoms. The molecule has 1 aliphatic heterocycles. The molecular weight excluding hydrogens is 502 g/mol. The number of carbonyl (C=O) groups is 1. The Kier molecular flexibility index (Phi) is 7.33. The summed E-state index contributed by atoms with van der Waals surface area (Å²) in [4.78, 5) is 29.8. The van der Waals surface area contributed by atoms with Crippen LogP contribution in [0.5, 0.6) is 5.88 Å². The predicted molar refractivity (Wildman–Crippen MR) is 144 cm³/mol. The maximum atomic E-state index is 11.3. The van der Waals surface area contributed by atoms with Crippen LogP contribution in [0.1, 0.15) is 59.8 Å².